The molecule has 3 rings (SSSR count). The first-order valence-corrected chi connectivity index (χ1v) is 9.51. The van der Waals surface area contributed by atoms with E-state index in [4.69, 9.17) is 0 Å². The molecule has 0 bridgehead atoms. The summed E-state index contributed by atoms with van der Waals surface area (Å²) in [6, 6.07) is 16.7. The van der Waals surface area contributed by atoms with E-state index in [0.29, 0.717) is 29.0 Å². The maximum Gasteiger partial charge on any atom is 0.262 e. The zero-order valence-electron chi connectivity index (χ0n) is 14.4. The number of fused-ring (bicyclic) bond motifs is 1. The lowest BCUT2D eigenvalue weighted by Crippen LogP contribution is -2.22. The number of carbonyl (C=O) groups is 1. The molecule has 0 N–H and O–H groups in total. The summed E-state index contributed by atoms with van der Waals surface area (Å²) in [7, 11) is 0. The van der Waals surface area contributed by atoms with Gasteiger partial charge in [-0.15, -0.1) is 6.58 Å². The molecule has 2 aromatic carbocycles. The van der Waals surface area contributed by atoms with Crippen LogP contribution < -0.4 is 5.56 Å². The Bertz CT molecular complexity index is 980. The third-order valence-electron chi connectivity index (χ3n) is 4.01. The van der Waals surface area contributed by atoms with Crippen LogP contribution in [0.25, 0.3) is 10.9 Å². The van der Waals surface area contributed by atoms with E-state index in [1.165, 1.54) is 11.8 Å². The molecule has 0 spiro atoms. The van der Waals surface area contributed by atoms with Crippen LogP contribution in [0.4, 0.5) is 0 Å². The van der Waals surface area contributed by atoms with Crippen molar-refractivity contribution in [3.05, 3.63) is 83.2 Å². The molecule has 0 radical (unpaired) electrons. The van der Waals surface area contributed by atoms with Gasteiger partial charge in [-0.05, 0) is 18.6 Å². The Kier molecular flexibility index (Phi) is 6.02. The zero-order chi connectivity index (χ0) is 18.4. The minimum absolute atomic E-state index is 0.0571. The predicted octanol–water partition coefficient (Wildman–Crippen LogP) is 4.34. The van der Waals surface area contributed by atoms with Gasteiger partial charge in [0.05, 0.1) is 10.9 Å². The molecule has 0 aliphatic carbocycles. The van der Waals surface area contributed by atoms with E-state index >= 15 is 0 Å². The first kappa shape index (κ1) is 18.1. The number of ketones is 1. The molecule has 1 aromatic heterocycles. The molecule has 4 nitrogen and oxygen atoms in total. The van der Waals surface area contributed by atoms with E-state index in [9.17, 15) is 9.59 Å². The fourth-order valence-electron chi connectivity index (χ4n) is 2.71. The molecule has 3 aromatic rings. The van der Waals surface area contributed by atoms with Crippen molar-refractivity contribution in [2.75, 3.05) is 5.75 Å². The van der Waals surface area contributed by atoms with Gasteiger partial charge in [0.25, 0.3) is 5.56 Å². The van der Waals surface area contributed by atoms with Crippen LogP contribution in [0.5, 0.6) is 0 Å². The molecule has 26 heavy (non-hydrogen) atoms. The van der Waals surface area contributed by atoms with E-state index in [1.54, 1.807) is 16.7 Å². The molecule has 0 aliphatic rings. The first-order chi connectivity index (χ1) is 12.7. The van der Waals surface area contributed by atoms with Crippen molar-refractivity contribution in [1.82, 2.24) is 9.55 Å². The van der Waals surface area contributed by atoms with Crippen LogP contribution in [0.15, 0.2) is 77.2 Å². The molecule has 0 unspecified atom stereocenters. The molecular formula is C21H20N2O2S. The fourth-order valence-corrected chi connectivity index (χ4v) is 3.66. The monoisotopic (exact) mass is 364 g/mol. The number of aromatic nitrogens is 2. The summed E-state index contributed by atoms with van der Waals surface area (Å²) in [6.45, 7) is 4.15. The number of para-hydroxylation sites is 1. The Morgan fingerprint density at radius 3 is 2.62 bits per heavy atom. The average Bonchev–Trinajstić information content (AvgIpc) is 2.68. The number of allylic oxidation sites excluding steroid dienone is 1. The van der Waals surface area contributed by atoms with Gasteiger partial charge in [0.15, 0.2) is 10.9 Å². The molecule has 0 saturated carbocycles. The number of thioether (sulfide) groups is 1. The molecule has 1 heterocycles. The molecule has 0 aliphatic heterocycles. The SMILES string of the molecule is C=CCn1c(SCCCC(=O)c2ccccc2)nc2ccccc2c1=O. The molecule has 0 saturated heterocycles. The van der Waals surface area contributed by atoms with Crippen molar-refractivity contribution >= 4 is 28.4 Å². The summed E-state index contributed by atoms with van der Waals surface area (Å²) < 4.78 is 1.64. The van der Waals surface area contributed by atoms with Crippen LogP contribution in [0, 0.1) is 0 Å². The highest BCUT2D eigenvalue weighted by atomic mass is 32.2. The predicted molar refractivity (Wildman–Crippen MR) is 107 cm³/mol. The number of nitrogens with zero attached hydrogens (tertiary/aromatic N) is 2. The van der Waals surface area contributed by atoms with Crippen molar-refractivity contribution in [1.29, 1.82) is 0 Å². The third kappa shape index (κ3) is 4.11. The van der Waals surface area contributed by atoms with Gasteiger partial charge in [-0.25, -0.2) is 4.98 Å². The Balaban J connectivity index is 1.70. The van der Waals surface area contributed by atoms with Gasteiger partial charge in [-0.3, -0.25) is 14.2 Å². The minimum Gasteiger partial charge on any atom is -0.294 e. The Morgan fingerprint density at radius 1 is 1.12 bits per heavy atom. The van der Waals surface area contributed by atoms with Gasteiger partial charge in [-0.1, -0.05) is 60.3 Å². The van der Waals surface area contributed by atoms with Gasteiger partial charge in [0, 0.05) is 24.3 Å². The largest absolute Gasteiger partial charge is 0.294 e. The third-order valence-corrected chi connectivity index (χ3v) is 5.08. The van der Waals surface area contributed by atoms with Crippen molar-refractivity contribution in [3.8, 4) is 0 Å². The Hall–Kier alpha value is -2.66. The number of benzene rings is 2. The van der Waals surface area contributed by atoms with Crippen molar-refractivity contribution in [2.45, 2.75) is 24.5 Å². The summed E-state index contributed by atoms with van der Waals surface area (Å²) in [6.07, 6.45) is 2.91. The lowest BCUT2D eigenvalue weighted by atomic mass is 10.1. The van der Waals surface area contributed by atoms with Crippen LogP contribution in [-0.2, 0) is 6.54 Å². The maximum absolute atomic E-state index is 12.7. The standard InChI is InChI=1S/C21H20N2O2S/c1-2-14-23-20(25)17-11-6-7-12-18(17)22-21(23)26-15-8-13-19(24)16-9-4-3-5-10-16/h2-7,9-12H,1,8,13-15H2. The van der Waals surface area contributed by atoms with Crippen LogP contribution in [-0.4, -0.2) is 21.1 Å². The first-order valence-electron chi connectivity index (χ1n) is 8.52. The average molecular weight is 364 g/mol. The summed E-state index contributed by atoms with van der Waals surface area (Å²) in [5.41, 5.74) is 1.38. The number of hydrogen-bond acceptors (Lipinski definition) is 4. The molecule has 132 valence electrons. The summed E-state index contributed by atoms with van der Waals surface area (Å²) in [5.74, 6) is 0.863. The second-order valence-electron chi connectivity index (χ2n) is 5.86. The van der Waals surface area contributed by atoms with E-state index in [1.807, 2.05) is 48.5 Å². The second-order valence-corrected chi connectivity index (χ2v) is 6.92. The summed E-state index contributed by atoms with van der Waals surface area (Å²) >= 11 is 1.51. The summed E-state index contributed by atoms with van der Waals surface area (Å²) in [4.78, 5) is 29.5. The van der Waals surface area contributed by atoms with Gasteiger partial charge < -0.3 is 0 Å². The number of Topliss-reactive ketones (excluding diaryl/α,β-unsaturated/α-hetero) is 1. The molecule has 0 fully saturated rings. The smallest absolute Gasteiger partial charge is 0.262 e. The highest BCUT2D eigenvalue weighted by Gasteiger charge is 2.11. The number of hydrogen-bond donors (Lipinski definition) is 0. The van der Waals surface area contributed by atoms with Crippen molar-refractivity contribution < 1.29 is 4.79 Å². The zero-order valence-corrected chi connectivity index (χ0v) is 15.2. The van der Waals surface area contributed by atoms with E-state index in [-0.39, 0.29) is 11.3 Å². The van der Waals surface area contributed by atoms with Crippen LogP contribution >= 0.6 is 11.8 Å². The van der Waals surface area contributed by atoms with E-state index < -0.39 is 0 Å². The van der Waals surface area contributed by atoms with Gasteiger partial charge in [0.1, 0.15) is 0 Å². The van der Waals surface area contributed by atoms with Gasteiger partial charge in [-0.2, -0.15) is 0 Å². The molecule has 0 atom stereocenters. The van der Waals surface area contributed by atoms with E-state index in [0.717, 1.165) is 17.7 Å². The van der Waals surface area contributed by atoms with Crippen LogP contribution in [0.2, 0.25) is 0 Å². The van der Waals surface area contributed by atoms with Crippen LogP contribution in [0.1, 0.15) is 23.2 Å². The topological polar surface area (TPSA) is 52.0 Å². The molecular weight excluding hydrogens is 344 g/mol. The summed E-state index contributed by atoms with van der Waals surface area (Å²) in [5, 5.41) is 1.28. The number of rotatable bonds is 8. The maximum atomic E-state index is 12.7. The van der Waals surface area contributed by atoms with Gasteiger partial charge >= 0.3 is 0 Å². The molecule has 5 heteroatoms. The van der Waals surface area contributed by atoms with E-state index in [2.05, 4.69) is 11.6 Å². The normalized spacial score (nSPS) is 10.8. The Morgan fingerprint density at radius 2 is 1.85 bits per heavy atom. The Labute approximate surface area is 156 Å². The lowest BCUT2D eigenvalue weighted by molar-refractivity contribution is 0.0982. The second kappa shape index (κ2) is 8.63. The fraction of sp³-hybridized carbons (Fsp3) is 0.190. The quantitative estimate of drug-likeness (QED) is 0.196. The minimum atomic E-state index is -0.0571. The van der Waals surface area contributed by atoms with Gasteiger partial charge in [0.2, 0.25) is 0 Å². The molecule has 0 amide bonds. The number of carbonyl (C=O) groups excluding carboxylic acids is 1. The van der Waals surface area contributed by atoms with Crippen LogP contribution in [0.3, 0.4) is 0 Å². The highest BCUT2D eigenvalue weighted by molar-refractivity contribution is 7.99. The van der Waals surface area contributed by atoms with Crippen molar-refractivity contribution in [3.63, 3.8) is 0 Å². The van der Waals surface area contributed by atoms with Crippen molar-refractivity contribution in [2.24, 2.45) is 0 Å². The highest BCUT2D eigenvalue weighted by Crippen LogP contribution is 2.19. The lowest BCUT2D eigenvalue weighted by Gasteiger charge is -2.11.